The van der Waals surface area contributed by atoms with Crippen molar-refractivity contribution in [3.63, 3.8) is 0 Å². The Labute approximate surface area is 192 Å². The van der Waals surface area contributed by atoms with E-state index in [1.54, 1.807) is 7.11 Å². The summed E-state index contributed by atoms with van der Waals surface area (Å²) >= 11 is 0. The number of fused-ring (bicyclic) bond motifs is 1. The molecule has 1 aromatic carbocycles. The van der Waals surface area contributed by atoms with Crippen molar-refractivity contribution in [2.75, 3.05) is 7.11 Å². The lowest BCUT2D eigenvalue weighted by Gasteiger charge is -2.13. The summed E-state index contributed by atoms with van der Waals surface area (Å²) in [5.41, 5.74) is 4.75. The van der Waals surface area contributed by atoms with Crippen LogP contribution >= 0.6 is 0 Å². The molecule has 0 atom stereocenters. The molecule has 0 spiro atoms. The van der Waals surface area contributed by atoms with Gasteiger partial charge in [0.15, 0.2) is 0 Å². The molecule has 0 bridgehead atoms. The molecule has 0 aliphatic heterocycles. The molecule has 170 valence electrons. The van der Waals surface area contributed by atoms with Crippen molar-refractivity contribution in [2.24, 2.45) is 0 Å². The monoisotopic (exact) mass is 444 g/mol. The van der Waals surface area contributed by atoms with Gasteiger partial charge in [-0.3, -0.25) is 9.59 Å². The van der Waals surface area contributed by atoms with Crippen LogP contribution in [0.4, 0.5) is 0 Å². The van der Waals surface area contributed by atoms with Crippen molar-refractivity contribution in [2.45, 2.75) is 40.3 Å². The Morgan fingerprint density at radius 1 is 1.18 bits per heavy atom. The van der Waals surface area contributed by atoms with Crippen molar-refractivity contribution in [3.05, 3.63) is 81.5 Å². The Morgan fingerprint density at radius 3 is 2.67 bits per heavy atom. The quantitative estimate of drug-likeness (QED) is 0.457. The van der Waals surface area contributed by atoms with Crippen LogP contribution < -0.4 is 15.6 Å². The first kappa shape index (κ1) is 22.3. The molecule has 3 aromatic heterocycles. The van der Waals surface area contributed by atoms with Crippen molar-refractivity contribution >= 4 is 16.8 Å². The van der Waals surface area contributed by atoms with E-state index in [9.17, 15) is 9.59 Å². The lowest BCUT2D eigenvalue weighted by molar-refractivity contribution is 0.0947. The molecule has 4 aromatic rings. The number of nitrogens with one attached hydrogen (secondary N) is 2. The molecule has 1 amide bonds. The zero-order valence-electron chi connectivity index (χ0n) is 19.5. The summed E-state index contributed by atoms with van der Waals surface area (Å²) in [5.74, 6) is 0.388. The van der Waals surface area contributed by atoms with Gasteiger partial charge < -0.3 is 19.6 Å². The fourth-order valence-corrected chi connectivity index (χ4v) is 4.06. The highest BCUT2D eigenvalue weighted by molar-refractivity contribution is 6.05. The van der Waals surface area contributed by atoms with Crippen LogP contribution in [0.3, 0.4) is 0 Å². The average Bonchev–Trinajstić information content (AvgIpc) is 3.22. The second-order valence-electron chi connectivity index (χ2n) is 8.46. The predicted octanol–water partition coefficient (Wildman–Crippen LogP) is 4.53. The Morgan fingerprint density at radius 2 is 1.97 bits per heavy atom. The Balaban J connectivity index is 1.77. The molecule has 2 N–H and O–H groups in total. The fraction of sp³-hybridized carbons (Fsp3) is 0.269. The number of ether oxygens (including phenoxy) is 1. The van der Waals surface area contributed by atoms with Gasteiger partial charge in [-0.25, -0.2) is 4.98 Å². The molecule has 7 nitrogen and oxygen atoms in total. The summed E-state index contributed by atoms with van der Waals surface area (Å²) < 4.78 is 7.48. The van der Waals surface area contributed by atoms with Gasteiger partial charge in [0, 0.05) is 41.0 Å². The molecule has 0 fully saturated rings. The van der Waals surface area contributed by atoms with Crippen molar-refractivity contribution < 1.29 is 9.53 Å². The van der Waals surface area contributed by atoms with Gasteiger partial charge in [0.1, 0.15) is 11.4 Å². The number of H-pyrrole nitrogens is 1. The number of amides is 1. The van der Waals surface area contributed by atoms with E-state index in [4.69, 9.17) is 9.72 Å². The SMILES string of the molecule is COc1cccc(-c2cc3c(ccn3C(C)C)c(C(=O)NCc3c(C)cc(C)[nH]c3=O)n2)c1. The van der Waals surface area contributed by atoms with Crippen LogP contribution in [0.25, 0.3) is 22.2 Å². The number of aryl methyl sites for hydroxylation is 2. The number of carbonyl (C=O) groups is 1. The Kier molecular flexibility index (Phi) is 6.05. The highest BCUT2D eigenvalue weighted by atomic mass is 16.5. The van der Waals surface area contributed by atoms with Gasteiger partial charge in [0.2, 0.25) is 0 Å². The first-order valence-electron chi connectivity index (χ1n) is 10.9. The normalized spacial score (nSPS) is 11.2. The van der Waals surface area contributed by atoms with Crippen LogP contribution in [0.15, 0.2) is 53.5 Å². The minimum Gasteiger partial charge on any atom is -0.497 e. The molecule has 33 heavy (non-hydrogen) atoms. The molecular weight excluding hydrogens is 416 g/mol. The van der Waals surface area contributed by atoms with E-state index in [1.807, 2.05) is 62.5 Å². The number of aromatic nitrogens is 3. The Hall–Kier alpha value is -3.87. The number of nitrogens with zero attached hydrogens (tertiary/aromatic N) is 2. The number of benzene rings is 1. The Bertz CT molecular complexity index is 1400. The van der Waals surface area contributed by atoms with E-state index in [1.165, 1.54) is 0 Å². The van der Waals surface area contributed by atoms with Gasteiger partial charge in [-0.05, 0) is 63.6 Å². The summed E-state index contributed by atoms with van der Waals surface area (Å²) in [4.78, 5) is 33.2. The van der Waals surface area contributed by atoms with E-state index >= 15 is 0 Å². The van der Waals surface area contributed by atoms with E-state index in [0.29, 0.717) is 22.7 Å². The maximum atomic E-state index is 13.3. The molecule has 4 rings (SSSR count). The van der Waals surface area contributed by atoms with Gasteiger partial charge in [-0.15, -0.1) is 0 Å². The van der Waals surface area contributed by atoms with E-state index in [-0.39, 0.29) is 24.1 Å². The van der Waals surface area contributed by atoms with Crippen LogP contribution in [-0.4, -0.2) is 27.6 Å². The number of methoxy groups -OCH3 is 1. The molecule has 0 saturated heterocycles. The summed E-state index contributed by atoms with van der Waals surface area (Å²) in [5, 5.41) is 3.66. The molecule has 0 unspecified atom stereocenters. The van der Waals surface area contributed by atoms with Crippen LogP contribution in [0.2, 0.25) is 0 Å². The average molecular weight is 445 g/mol. The molecule has 7 heteroatoms. The standard InChI is InChI=1S/C26H28N4O3/c1-15(2)30-10-9-20-23(30)13-22(18-7-6-8-19(12-18)33-5)29-24(20)26(32)27-14-21-16(3)11-17(4)28-25(21)31/h6-13,15H,14H2,1-5H3,(H,27,32)(H,28,31). The molecule has 0 aliphatic carbocycles. The molecular formula is C26H28N4O3. The zero-order chi connectivity index (χ0) is 23.7. The number of aromatic amines is 1. The van der Waals surface area contributed by atoms with Gasteiger partial charge in [0.25, 0.3) is 11.5 Å². The minimum atomic E-state index is -0.328. The first-order chi connectivity index (χ1) is 15.8. The minimum absolute atomic E-state index is 0.123. The van der Waals surface area contributed by atoms with Crippen molar-refractivity contribution in [1.29, 1.82) is 0 Å². The maximum absolute atomic E-state index is 13.3. The maximum Gasteiger partial charge on any atom is 0.270 e. The van der Waals surface area contributed by atoms with E-state index in [2.05, 4.69) is 28.7 Å². The first-order valence-corrected chi connectivity index (χ1v) is 10.9. The number of hydrogen-bond donors (Lipinski definition) is 2. The van der Waals surface area contributed by atoms with Crippen molar-refractivity contribution in [3.8, 4) is 17.0 Å². The highest BCUT2D eigenvalue weighted by Gasteiger charge is 2.19. The predicted molar refractivity (Wildman–Crippen MR) is 130 cm³/mol. The number of pyridine rings is 2. The summed E-state index contributed by atoms with van der Waals surface area (Å²) in [6.45, 7) is 8.01. The lowest BCUT2D eigenvalue weighted by Crippen LogP contribution is -2.28. The lowest BCUT2D eigenvalue weighted by atomic mass is 10.1. The third kappa shape index (κ3) is 4.39. The second-order valence-corrected chi connectivity index (χ2v) is 8.46. The number of hydrogen-bond acceptors (Lipinski definition) is 4. The van der Waals surface area contributed by atoms with Crippen LogP contribution in [0.1, 0.15) is 47.2 Å². The third-order valence-corrected chi connectivity index (χ3v) is 5.77. The van der Waals surface area contributed by atoms with E-state index in [0.717, 1.165) is 27.7 Å². The third-order valence-electron chi connectivity index (χ3n) is 5.77. The molecule has 0 radical (unpaired) electrons. The molecule has 0 saturated carbocycles. The van der Waals surface area contributed by atoms with Gasteiger partial charge in [-0.2, -0.15) is 0 Å². The van der Waals surface area contributed by atoms with Gasteiger partial charge in [-0.1, -0.05) is 12.1 Å². The highest BCUT2D eigenvalue weighted by Crippen LogP contribution is 2.29. The molecule has 0 aliphatic rings. The zero-order valence-corrected chi connectivity index (χ0v) is 19.5. The number of rotatable bonds is 6. The van der Waals surface area contributed by atoms with Crippen LogP contribution in [0, 0.1) is 13.8 Å². The van der Waals surface area contributed by atoms with Crippen LogP contribution in [0.5, 0.6) is 5.75 Å². The van der Waals surface area contributed by atoms with Crippen LogP contribution in [-0.2, 0) is 6.54 Å². The summed E-state index contributed by atoms with van der Waals surface area (Å²) in [6.07, 6.45) is 1.97. The van der Waals surface area contributed by atoms with E-state index < -0.39 is 0 Å². The smallest absolute Gasteiger partial charge is 0.270 e. The number of carbonyl (C=O) groups excluding carboxylic acids is 1. The summed E-state index contributed by atoms with van der Waals surface area (Å²) in [7, 11) is 1.62. The fourth-order valence-electron chi connectivity index (χ4n) is 4.06. The summed E-state index contributed by atoms with van der Waals surface area (Å²) in [6, 6.07) is 13.6. The van der Waals surface area contributed by atoms with Crippen molar-refractivity contribution in [1.82, 2.24) is 19.9 Å². The van der Waals surface area contributed by atoms with Gasteiger partial charge >= 0.3 is 0 Å². The topological polar surface area (TPSA) is 89.0 Å². The second kappa shape index (κ2) is 8.94. The largest absolute Gasteiger partial charge is 0.497 e. The molecule has 3 heterocycles. The van der Waals surface area contributed by atoms with Gasteiger partial charge in [0.05, 0.1) is 18.3 Å².